The predicted molar refractivity (Wildman–Crippen MR) is 96.2 cm³/mol. The molecule has 0 saturated carbocycles. The fourth-order valence-electron chi connectivity index (χ4n) is 2.95. The SMILES string of the molecule is CCOc1ccc(NC(=O)C2CC(=O)N(Cc3ccccc3)C2)cc1. The van der Waals surface area contributed by atoms with Crippen molar-refractivity contribution in [1.82, 2.24) is 4.90 Å². The summed E-state index contributed by atoms with van der Waals surface area (Å²) >= 11 is 0. The van der Waals surface area contributed by atoms with Crippen molar-refractivity contribution in [3.05, 3.63) is 60.2 Å². The molecule has 2 amide bonds. The number of rotatable bonds is 6. The van der Waals surface area contributed by atoms with Crippen molar-refractivity contribution in [3.63, 3.8) is 0 Å². The van der Waals surface area contributed by atoms with Crippen LogP contribution in [0.25, 0.3) is 0 Å². The van der Waals surface area contributed by atoms with Gasteiger partial charge >= 0.3 is 0 Å². The number of carbonyl (C=O) groups is 2. The van der Waals surface area contributed by atoms with E-state index in [9.17, 15) is 9.59 Å². The van der Waals surface area contributed by atoms with Gasteiger partial charge in [-0.25, -0.2) is 0 Å². The molecule has 130 valence electrons. The van der Waals surface area contributed by atoms with Crippen LogP contribution in [-0.2, 0) is 16.1 Å². The summed E-state index contributed by atoms with van der Waals surface area (Å²) in [6, 6.07) is 17.1. The molecule has 1 heterocycles. The van der Waals surface area contributed by atoms with E-state index < -0.39 is 0 Å². The Bertz CT molecular complexity index is 728. The second-order valence-electron chi connectivity index (χ2n) is 6.11. The van der Waals surface area contributed by atoms with Crippen molar-refractivity contribution >= 4 is 17.5 Å². The first-order chi connectivity index (χ1) is 12.2. The topological polar surface area (TPSA) is 58.6 Å². The molecule has 1 N–H and O–H groups in total. The first-order valence-corrected chi connectivity index (χ1v) is 8.51. The fraction of sp³-hybridized carbons (Fsp3) is 0.300. The Balaban J connectivity index is 1.57. The fourth-order valence-corrected chi connectivity index (χ4v) is 2.95. The van der Waals surface area contributed by atoms with Gasteiger partial charge < -0.3 is 15.0 Å². The van der Waals surface area contributed by atoms with Gasteiger partial charge in [0.1, 0.15) is 5.75 Å². The van der Waals surface area contributed by atoms with Crippen LogP contribution in [-0.4, -0.2) is 29.9 Å². The molecule has 0 radical (unpaired) electrons. The summed E-state index contributed by atoms with van der Waals surface area (Å²) in [7, 11) is 0. The first kappa shape index (κ1) is 17.0. The van der Waals surface area contributed by atoms with Crippen LogP contribution in [0.15, 0.2) is 54.6 Å². The smallest absolute Gasteiger partial charge is 0.229 e. The summed E-state index contributed by atoms with van der Waals surface area (Å²) in [6.07, 6.45) is 0.260. The number of carbonyl (C=O) groups excluding carboxylic acids is 2. The quantitative estimate of drug-likeness (QED) is 0.880. The second kappa shape index (κ2) is 7.83. The molecule has 2 aromatic carbocycles. The molecule has 1 unspecified atom stereocenters. The molecule has 3 rings (SSSR count). The van der Waals surface area contributed by atoms with E-state index in [4.69, 9.17) is 4.74 Å². The largest absolute Gasteiger partial charge is 0.494 e. The van der Waals surface area contributed by atoms with Crippen LogP contribution in [0.1, 0.15) is 18.9 Å². The molecule has 1 aliphatic rings. The number of hydrogen-bond donors (Lipinski definition) is 1. The van der Waals surface area contributed by atoms with Gasteiger partial charge in [0.05, 0.1) is 12.5 Å². The average Bonchev–Trinajstić information content (AvgIpc) is 2.99. The van der Waals surface area contributed by atoms with Crippen LogP contribution in [0.4, 0.5) is 5.69 Å². The van der Waals surface area contributed by atoms with Crippen LogP contribution < -0.4 is 10.1 Å². The Labute approximate surface area is 147 Å². The Kier molecular flexibility index (Phi) is 5.33. The number of nitrogens with zero attached hydrogens (tertiary/aromatic N) is 1. The number of anilines is 1. The van der Waals surface area contributed by atoms with Crippen LogP contribution in [0.2, 0.25) is 0 Å². The molecule has 1 aliphatic heterocycles. The maximum Gasteiger partial charge on any atom is 0.229 e. The molecular formula is C20H22N2O3. The number of amides is 2. The number of benzene rings is 2. The highest BCUT2D eigenvalue weighted by atomic mass is 16.5. The van der Waals surface area contributed by atoms with E-state index >= 15 is 0 Å². The number of ether oxygens (including phenoxy) is 1. The highest BCUT2D eigenvalue weighted by Crippen LogP contribution is 2.22. The van der Waals surface area contributed by atoms with E-state index in [0.29, 0.717) is 25.4 Å². The van der Waals surface area contributed by atoms with Crippen molar-refractivity contribution in [2.24, 2.45) is 5.92 Å². The lowest BCUT2D eigenvalue weighted by atomic mass is 10.1. The van der Waals surface area contributed by atoms with Crippen LogP contribution >= 0.6 is 0 Å². The number of hydrogen-bond acceptors (Lipinski definition) is 3. The zero-order chi connectivity index (χ0) is 17.6. The zero-order valence-electron chi connectivity index (χ0n) is 14.3. The van der Waals surface area contributed by atoms with Gasteiger partial charge in [0.25, 0.3) is 0 Å². The number of nitrogens with one attached hydrogen (secondary N) is 1. The Morgan fingerprint density at radius 3 is 2.56 bits per heavy atom. The molecule has 1 saturated heterocycles. The molecule has 5 nitrogen and oxygen atoms in total. The van der Waals surface area contributed by atoms with Crippen molar-refractivity contribution in [1.29, 1.82) is 0 Å². The molecule has 1 fully saturated rings. The predicted octanol–water partition coefficient (Wildman–Crippen LogP) is 3.07. The molecule has 0 spiro atoms. The van der Waals surface area contributed by atoms with Gasteiger partial charge in [-0.05, 0) is 36.8 Å². The third-order valence-corrected chi connectivity index (χ3v) is 4.23. The van der Waals surface area contributed by atoms with Gasteiger partial charge in [-0.1, -0.05) is 30.3 Å². The van der Waals surface area contributed by atoms with Crippen LogP contribution in [0, 0.1) is 5.92 Å². The van der Waals surface area contributed by atoms with Crippen molar-refractivity contribution in [2.45, 2.75) is 19.9 Å². The van der Waals surface area contributed by atoms with Gasteiger partial charge in [0, 0.05) is 25.2 Å². The molecule has 0 aliphatic carbocycles. The van der Waals surface area contributed by atoms with Gasteiger partial charge in [0.2, 0.25) is 11.8 Å². The first-order valence-electron chi connectivity index (χ1n) is 8.51. The van der Waals surface area contributed by atoms with E-state index in [2.05, 4.69) is 5.32 Å². The normalized spacial score (nSPS) is 16.8. The maximum absolute atomic E-state index is 12.4. The van der Waals surface area contributed by atoms with Crippen LogP contribution in [0.5, 0.6) is 5.75 Å². The zero-order valence-corrected chi connectivity index (χ0v) is 14.3. The molecule has 2 aromatic rings. The van der Waals surface area contributed by atoms with Gasteiger partial charge in [-0.3, -0.25) is 9.59 Å². The molecule has 1 atom stereocenters. The number of likely N-dealkylation sites (tertiary alicyclic amines) is 1. The minimum absolute atomic E-state index is 0.0238. The summed E-state index contributed by atoms with van der Waals surface area (Å²) in [4.78, 5) is 26.4. The molecule has 0 bridgehead atoms. The third-order valence-electron chi connectivity index (χ3n) is 4.23. The van der Waals surface area contributed by atoms with E-state index in [-0.39, 0.29) is 24.2 Å². The Morgan fingerprint density at radius 2 is 1.88 bits per heavy atom. The van der Waals surface area contributed by atoms with Crippen LogP contribution in [0.3, 0.4) is 0 Å². The lowest BCUT2D eigenvalue weighted by Crippen LogP contribution is -2.28. The van der Waals surface area contributed by atoms with Gasteiger partial charge in [-0.2, -0.15) is 0 Å². The standard InChI is InChI=1S/C20H22N2O3/c1-2-25-18-10-8-17(9-11-18)21-20(24)16-12-19(23)22(14-16)13-15-6-4-3-5-7-15/h3-11,16H,2,12-14H2,1H3,(H,21,24). The van der Waals surface area contributed by atoms with E-state index in [1.165, 1.54) is 0 Å². The minimum atomic E-state index is -0.317. The third kappa shape index (κ3) is 4.38. The lowest BCUT2D eigenvalue weighted by Gasteiger charge is -2.16. The van der Waals surface area contributed by atoms with E-state index in [0.717, 1.165) is 11.3 Å². The maximum atomic E-state index is 12.4. The molecule has 5 heteroatoms. The lowest BCUT2D eigenvalue weighted by molar-refractivity contribution is -0.128. The average molecular weight is 338 g/mol. The summed E-state index contributed by atoms with van der Waals surface area (Å²) in [5.74, 6) is 0.358. The van der Waals surface area contributed by atoms with Gasteiger partial charge in [0.15, 0.2) is 0 Å². The summed E-state index contributed by atoms with van der Waals surface area (Å²) in [5, 5.41) is 2.88. The van der Waals surface area contributed by atoms with Crippen molar-refractivity contribution < 1.29 is 14.3 Å². The highest BCUT2D eigenvalue weighted by molar-refractivity contribution is 5.97. The van der Waals surface area contributed by atoms with Crippen molar-refractivity contribution in [3.8, 4) is 5.75 Å². The van der Waals surface area contributed by atoms with E-state index in [1.54, 1.807) is 17.0 Å². The monoisotopic (exact) mass is 338 g/mol. The van der Waals surface area contributed by atoms with E-state index in [1.807, 2.05) is 49.4 Å². The highest BCUT2D eigenvalue weighted by Gasteiger charge is 2.34. The molecule has 0 aromatic heterocycles. The molecular weight excluding hydrogens is 316 g/mol. The van der Waals surface area contributed by atoms with Crippen molar-refractivity contribution in [2.75, 3.05) is 18.5 Å². The minimum Gasteiger partial charge on any atom is -0.494 e. The second-order valence-corrected chi connectivity index (χ2v) is 6.11. The Morgan fingerprint density at radius 1 is 1.16 bits per heavy atom. The summed E-state index contributed by atoms with van der Waals surface area (Å²) in [6.45, 7) is 3.53. The summed E-state index contributed by atoms with van der Waals surface area (Å²) < 4.78 is 5.39. The summed E-state index contributed by atoms with van der Waals surface area (Å²) in [5.41, 5.74) is 1.78. The molecule has 25 heavy (non-hydrogen) atoms. The van der Waals surface area contributed by atoms with Gasteiger partial charge in [-0.15, -0.1) is 0 Å². The Hall–Kier alpha value is -2.82.